The SMILES string of the molecule is CCNCC1CCC1N(C)Cc1cccnc1. The maximum absolute atomic E-state index is 4.17. The van der Waals surface area contributed by atoms with Crippen molar-refractivity contribution in [2.75, 3.05) is 20.1 Å². The fraction of sp³-hybridized carbons (Fsp3) is 0.643. The molecule has 0 aliphatic heterocycles. The molecule has 0 saturated heterocycles. The van der Waals surface area contributed by atoms with Crippen LogP contribution >= 0.6 is 0 Å². The molecule has 17 heavy (non-hydrogen) atoms. The van der Waals surface area contributed by atoms with Crippen molar-refractivity contribution in [3.8, 4) is 0 Å². The van der Waals surface area contributed by atoms with Gasteiger partial charge in [0.2, 0.25) is 0 Å². The van der Waals surface area contributed by atoms with E-state index in [2.05, 4.69) is 35.2 Å². The van der Waals surface area contributed by atoms with Crippen LogP contribution in [-0.2, 0) is 6.54 Å². The van der Waals surface area contributed by atoms with E-state index in [0.29, 0.717) is 0 Å². The van der Waals surface area contributed by atoms with Gasteiger partial charge in [0.25, 0.3) is 0 Å². The van der Waals surface area contributed by atoms with Crippen molar-refractivity contribution in [3.63, 3.8) is 0 Å². The Labute approximate surface area is 104 Å². The van der Waals surface area contributed by atoms with Gasteiger partial charge in [0, 0.05) is 25.0 Å². The molecule has 1 aliphatic rings. The number of nitrogens with one attached hydrogen (secondary N) is 1. The number of aromatic nitrogens is 1. The van der Waals surface area contributed by atoms with E-state index in [1.807, 2.05) is 18.5 Å². The van der Waals surface area contributed by atoms with Gasteiger partial charge >= 0.3 is 0 Å². The smallest absolute Gasteiger partial charge is 0.0312 e. The second-order valence-electron chi connectivity index (χ2n) is 4.99. The molecule has 1 saturated carbocycles. The van der Waals surface area contributed by atoms with Crippen molar-refractivity contribution in [3.05, 3.63) is 30.1 Å². The molecule has 1 aliphatic carbocycles. The highest BCUT2D eigenvalue weighted by Crippen LogP contribution is 2.31. The topological polar surface area (TPSA) is 28.2 Å². The molecule has 2 atom stereocenters. The maximum atomic E-state index is 4.17. The van der Waals surface area contributed by atoms with Crippen LogP contribution in [0.15, 0.2) is 24.5 Å². The Kier molecular flexibility index (Phi) is 4.51. The monoisotopic (exact) mass is 233 g/mol. The number of pyridine rings is 1. The third-order valence-corrected chi connectivity index (χ3v) is 3.75. The zero-order valence-electron chi connectivity index (χ0n) is 10.9. The summed E-state index contributed by atoms with van der Waals surface area (Å²) in [5, 5.41) is 3.46. The minimum absolute atomic E-state index is 0.745. The first kappa shape index (κ1) is 12.5. The van der Waals surface area contributed by atoms with Gasteiger partial charge in [-0.15, -0.1) is 0 Å². The predicted octanol–water partition coefficient (Wildman–Crippen LogP) is 1.90. The van der Waals surface area contributed by atoms with Crippen LogP contribution in [0.2, 0.25) is 0 Å². The maximum Gasteiger partial charge on any atom is 0.0312 e. The highest BCUT2D eigenvalue weighted by molar-refractivity contribution is 5.08. The first-order valence-corrected chi connectivity index (χ1v) is 6.61. The normalized spacial score (nSPS) is 23.7. The summed E-state index contributed by atoms with van der Waals surface area (Å²) in [7, 11) is 2.23. The Morgan fingerprint density at radius 2 is 2.35 bits per heavy atom. The van der Waals surface area contributed by atoms with Crippen LogP contribution in [0.25, 0.3) is 0 Å². The Balaban J connectivity index is 1.82. The summed E-state index contributed by atoms with van der Waals surface area (Å²) >= 11 is 0. The Morgan fingerprint density at radius 3 is 2.94 bits per heavy atom. The average Bonchev–Trinajstić information content (AvgIpc) is 2.29. The van der Waals surface area contributed by atoms with Gasteiger partial charge in [-0.2, -0.15) is 0 Å². The summed E-state index contributed by atoms with van der Waals surface area (Å²) in [4.78, 5) is 6.65. The molecule has 3 nitrogen and oxygen atoms in total. The third-order valence-electron chi connectivity index (χ3n) is 3.75. The average molecular weight is 233 g/mol. The number of rotatable bonds is 6. The molecular formula is C14H23N3. The molecule has 0 spiro atoms. The van der Waals surface area contributed by atoms with Gasteiger partial charge in [0.15, 0.2) is 0 Å². The summed E-state index contributed by atoms with van der Waals surface area (Å²) in [6, 6.07) is 4.91. The number of hydrogen-bond acceptors (Lipinski definition) is 3. The Morgan fingerprint density at radius 1 is 1.47 bits per heavy atom. The number of hydrogen-bond donors (Lipinski definition) is 1. The summed E-state index contributed by atoms with van der Waals surface area (Å²) in [6.07, 6.45) is 6.51. The number of nitrogens with zero attached hydrogens (tertiary/aromatic N) is 2. The molecule has 1 aromatic rings. The largest absolute Gasteiger partial charge is 0.317 e. The van der Waals surface area contributed by atoms with Crippen LogP contribution in [-0.4, -0.2) is 36.1 Å². The molecule has 94 valence electrons. The molecule has 0 radical (unpaired) electrons. The summed E-state index contributed by atoms with van der Waals surface area (Å²) in [5.74, 6) is 0.830. The Hall–Kier alpha value is -0.930. The van der Waals surface area contributed by atoms with Crippen LogP contribution in [0, 0.1) is 5.92 Å². The van der Waals surface area contributed by atoms with Crippen molar-refractivity contribution < 1.29 is 0 Å². The van der Waals surface area contributed by atoms with Crippen molar-refractivity contribution >= 4 is 0 Å². The van der Waals surface area contributed by atoms with Crippen molar-refractivity contribution in [1.29, 1.82) is 0 Å². The van der Waals surface area contributed by atoms with Gasteiger partial charge in [-0.1, -0.05) is 13.0 Å². The van der Waals surface area contributed by atoms with Gasteiger partial charge in [-0.3, -0.25) is 9.88 Å². The first-order chi connectivity index (χ1) is 8.31. The van der Waals surface area contributed by atoms with E-state index in [-0.39, 0.29) is 0 Å². The molecule has 1 N–H and O–H groups in total. The summed E-state index contributed by atoms with van der Waals surface area (Å²) < 4.78 is 0. The van der Waals surface area contributed by atoms with E-state index in [0.717, 1.165) is 25.0 Å². The van der Waals surface area contributed by atoms with E-state index in [4.69, 9.17) is 0 Å². The van der Waals surface area contributed by atoms with Crippen LogP contribution < -0.4 is 5.32 Å². The lowest BCUT2D eigenvalue weighted by Crippen LogP contribution is -2.48. The zero-order valence-corrected chi connectivity index (χ0v) is 10.9. The summed E-state index contributed by atoms with van der Waals surface area (Å²) in [6.45, 7) is 5.43. The molecule has 0 amide bonds. The lowest BCUT2D eigenvalue weighted by Gasteiger charge is -2.43. The molecular weight excluding hydrogens is 210 g/mol. The third kappa shape index (κ3) is 3.27. The lowest BCUT2D eigenvalue weighted by atomic mass is 9.78. The highest BCUT2D eigenvalue weighted by Gasteiger charge is 2.33. The molecule has 1 fully saturated rings. The van der Waals surface area contributed by atoms with E-state index < -0.39 is 0 Å². The van der Waals surface area contributed by atoms with E-state index >= 15 is 0 Å². The lowest BCUT2D eigenvalue weighted by molar-refractivity contribution is 0.0783. The molecule has 2 rings (SSSR count). The van der Waals surface area contributed by atoms with Gasteiger partial charge in [-0.25, -0.2) is 0 Å². The highest BCUT2D eigenvalue weighted by atomic mass is 15.1. The van der Waals surface area contributed by atoms with Gasteiger partial charge in [-0.05, 0) is 50.5 Å². The van der Waals surface area contributed by atoms with E-state index in [9.17, 15) is 0 Å². The van der Waals surface area contributed by atoms with Crippen molar-refractivity contribution in [1.82, 2.24) is 15.2 Å². The summed E-state index contributed by atoms with van der Waals surface area (Å²) in [5.41, 5.74) is 1.31. The van der Waals surface area contributed by atoms with Gasteiger partial charge in [0.05, 0.1) is 0 Å². The van der Waals surface area contributed by atoms with Crippen LogP contribution in [0.3, 0.4) is 0 Å². The van der Waals surface area contributed by atoms with Crippen molar-refractivity contribution in [2.45, 2.75) is 32.4 Å². The molecule has 0 aromatic carbocycles. The van der Waals surface area contributed by atoms with Crippen LogP contribution in [0.5, 0.6) is 0 Å². The second kappa shape index (κ2) is 6.12. The quantitative estimate of drug-likeness (QED) is 0.813. The second-order valence-corrected chi connectivity index (χ2v) is 4.99. The molecule has 1 heterocycles. The molecule has 3 heteroatoms. The Bertz CT molecular complexity index is 325. The minimum Gasteiger partial charge on any atom is -0.317 e. The van der Waals surface area contributed by atoms with E-state index in [1.165, 1.54) is 24.9 Å². The van der Waals surface area contributed by atoms with E-state index in [1.54, 1.807) is 0 Å². The zero-order chi connectivity index (χ0) is 12.1. The first-order valence-electron chi connectivity index (χ1n) is 6.61. The van der Waals surface area contributed by atoms with Crippen LogP contribution in [0.1, 0.15) is 25.3 Å². The fourth-order valence-electron chi connectivity index (χ4n) is 2.60. The van der Waals surface area contributed by atoms with Gasteiger partial charge < -0.3 is 5.32 Å². The molecule has 2 unspecified atom stereocenters. The molecule has 0 bridgehead atoms. The van der Waals surface area contributed by atoms with Crippen molar-refractivity contribution in [2.24, 2.45) is 5.92 Å². The van der Waals surface area contributed by atoms with Crippen LogP contribution in [0.4, 0.5) is 0 Å². The minimum atomic E-state index is 0.745. The predicted molar refractivity (Wildman–Crippen MR) is 70.8 cm³/mol. The van der Waals surface area contributed by atoms with Gasteiger partial charge in [0.1, 0.15) is 0 Å². The molecule has 1 aromatic heterocycles. The standard InChI is InChI=1S/C14H23N3/c1-3-15-10-13-6-7-14(13)17(2)11-12-5-4-8-16-9-12/h4-5,8-9,13-15H,3,6-7,10-11H2,1-2H3. The fourth-order valence-corrected chi connectivity index (χ4v) is 2.60.